The van der Waals surface area contributed by atoms with Crippen molar-refractivity contribution in [2.45, 2.75) is 59.7 Å². The fourth-order valence-electron chi connectivity index (χ4n) is 1.42. The predicted octanol–water partition coefficient (Wildman–Crippen LogP) is 1.68. The van der Waals surface area contributed by atoms with Crippen molar-refractivity contribution in [1.29, 1.82) is 0 Å². The van der Waals surface area contributed by atoms with Crippen molar-refractivity contribution in [3.8, 4) is 0 Å². The number of hydrogen-bond donors (Lipinski definition) is 2. The Labute approximate surface area is 108 Å². The Balaban J connectivity index is 2.40. The summed E-state index contributed by atoms with van der Waals surface area (Å²) in [4.78, 5) is 16.0. The number of nitrogens with one attached hydrogen (secondary N) is 2. The maximum atomic E-state index is 11.8. The quantitative estimate of drug-likeness (QED) is 0.809. The minimum atomic E-state index is -0.258. The van der Waals surface area contributed by atoms with Crippen molar-refractivity contribution in [3.05, 3.63) is 17.3 Å². The first-order valence-electron chi connectivity index (χ1n) is 6.40. The third-order valence-corrected chi connectivity index (χ3v) is 3.03. The van der Waals surface area contributed by atoms with Crippen LogP contribution in [0.3, 0.4) is 0 Å². The molecular formula is C13H23N3O2. The summed E-state index contributed by atoms with van der Waals surface area (Å²) in [5, 5.41) is 6.03. The number of oxazole rings is 1. The number of amides is 1. The normalized spacial score (nSPS) is 14.3. The lowest BCUT2D eigenvalue weighted by molar-refractivity contribution is -0.123. The Morgan fingerprint density at radius 1 is 1.39 bits per heavy atom. The summed E-state index contributed by atoms with van der Waals surface area (Å²) in [5.74, 6) is 1.45. The number of aromatic nitrogens is 1. The van der Waals surface area contributed by atoms with Crippen LogP contribution in [0.2, 0.25) is 0 Å². The highest BCUT2D eigenvalue weighted by Crippen LogP contribution is 2.07. The van der Waals surface area contributed by atoms with Gasteiger partial charge in [0.25, 0.3) is 0 Å². The van der Waals surface area contributed by atoms with Gasteiger partial charge in [0.1, 0.15) is 5.76 Å². The molecule has 5 heteroatoms. The standard InChI is InChI=1S/C13H23N3O2/c1-6-8(2)15-13(17)10(4)14-7-12-16-9(3)11(5)18-12/h8,10,14H,6-7H2,1-5H3,(H,15,17). The molecular weight excluding hydrogens is 230 g/mol. The largest absolute Gasteiger partial charge is 0.444 e. The molecule has 1 heterocycles. The van der Waals surface area contributed by atoms with Gasteiger partial charge in [0.15, 0.2) is 0 Å². The molecule has 0 aliphatic carbocycles. The third kappa shape index (κ3) is 4.14. The lowest BCUT2D eigenvalue weighted by atomic mass is 10.2. The van der Waals surface area contributed by atoms with Crippen molar-refractivity contribution in [3.63, 3.8) is 0 Å². The van der Waals surface area contributed by atoms with Crippen LogP contribution in [-0.4, -0.2) is 23.0 Å². The third-order valence-electron chi connectivity index (χ3n) is 3.03. The predicted molar refractivity (Wildman–Crippen MR) is 70.2 cm³/mol. The molecule has 18 heavy (non-hydrogen) atoms. The summed E-state index contributed by atoms with van der Waals surface area (Å²) in [7, 11) is 0. The van der Waals surface area contributed by atoms with Crippen LogP contribution in [0.5, 0.6) is 0 Å². The van der Waals surface area contributed by atoms with Crippen molar-refractivity contribution < 1.29 is 9.21 Å². The van der Waals surface area contributed by atoms with E-state index in [1.807, 2.05) is 34.6 Å². The van der Waals surface area contributed by atoms with Gasteiger partial charge >= 0.3 is 0 Å². The first-order chi connectivity index (χ1) is 8.43. The van der Waals surface area contributed by atoms with Crippen molar-refractivity contribution in [2.24, 2.45) is 0 Å². The summed E-state index contributed by atoms with van der Waals surface area (Å²) < 4.78 is 5.44. The van der Waals surface area contributed by atoms with Crippen LogP contribution in [0.25, 0.3) is 0 Å². The molecule has 0 bridgehead atoms. The van der Waals surface area contributed by atoms with Crippen LogP contribution < -0.4 is 10.6 Å². The SMILES string of the molecule is CCC(C)NC(=O)C(C)NCc1nc(C)c(C)o1. The lowest BCUT2D eigenvalue weighted by Gasteiger charge is -2.16. The fourth-order valence-corrected chi connectivity index (χ4v) is 1.42. The highest BCUT2D eigenvalue weighted by molar-refractivity contribution is 5.81. The van der Waals surface area contributed by atoms with Crippen LogP contribution in [0, 0.1) is 13.8 Å². The molecule has 0 saturated carbocycles. The highest BCUT2D eigenvalue weighted by atomic mass is 16.4. The summed E-state index contributed by atoms with van der Waals surface area (Å²) in [6.45, 7) is 10.1. The first kappa shape index (κ1) is 14.7. The summed E-state index contributed by atoms with van der Waals surface area (Å²) in [6, 6.07) is -0.0560. The molecule has 0 saturated heterocycles. The van der Waals surface area contributed by atoms with Crippen molar-refractivity contribution >= 4 is 5.91 Å². The van der Waals surface area contributed by atoms with Gasteiger partial charge in [-0.25, -0.2) is 4.98 Å². The lowest BCUT2D eigenvalue weighted by Crippen LogP contribution is -2.45. The molecule has 0 aliphatic rings. The number of carbonyl (C=O) groups is 1. The molecule has 0 spiro atoms. The monoisotopic (exact) mass is 253 g/mol. The van der Waals surface area contributed by atoms with E-state index in [0.717, 1.165) is 17.9 Å². The highest BCUT2D eigenvalue weighted by Gasteiger charge is 2.15. The van der Waals surface area contributed by atoms with E-state index < -0.39 is 0 Å². The summed E-state index contributed by atoms with van der Waals surface area (Å²) in [6.07, 6.45) is 0.927. The van der Waals surface area contributed by atoms with Gasteiger partial charge in [0.2, 0.25) is 11.8 Å². The topological polar surface area (TPSA) is 67.2 Å². The van der Waals surface area contributed by atoms with Gasteiger partial charge in [0, 0.05) is 6.04 Å². The molecule has 1 aromatic rings. The number of aryl methyl sites for hydroxylation is 2. The van der Waals surface area contributed by atoms with Gasteiger partial charge in [-0.3, -0.25) is 10.1 Å². The van der Waals surface area contributed by atoms with Crippen LogP contribution >= 0.6 is 0 Å². The smallest absolute Gasteiger partial charge is 0.237 e. The van der Waals surface area contributed by atoms with Gasteiger partial charge < -0.3 is 9.73 Å². The molecule has 0 aromatic carbocycles. The Morgan fingerprint density at radius 2 is 2.06 bits per heavy atom. The Morgan fingerprint density at radius 3 is 2.56 bits per heavy atom. The maximum Gasteiger partial charge on any atom is 0.237 e. The number of rotatable bonds is 6. The van der Waals surface area contributed by atoms with E-state index in [9.17, 15) is 4.79 Å². The van der Waals surface area contributed by atoms with E-state index in [4.69, 9.17) is 4.42 Å². The molecule has 1 aromatic heterocycles. The van der Waals surface area contributed by atoms with Gasteiger partial charge in [-0.2, -0.15) is 0 Å². The van der Waals surface area contributed by atoms with Crippen LogP contribution in [0.1, 0.15) is 44.5 Å². The van der Waals surface area contributed by atoms with Gasteiger partial charge in [0.05, 0.1) is 18.3 Å². The minimum Gasteiger partial charge on any atom is -0.444 e. The van der Waals surface area contributed by atoms with Gasteiger partial charge in [-0.1, -0.05) is 6.92 Å². The van der Waals surface area contributed by atoms with E-state index in [2.05, 4.69) is 15.6 Å². The van der Waals surface area contributed by atoms with Crippen LogP contribution in [0.4, 0.5) is 0 Å². The second-order valence-corrected chi connectivity index (χ2v) is 4.67. The van der Waals surface area contributed by atoms with Gasteiger partial charge in [-0.05, 0) is 34.1 Å². The van der Waals surface area contributed by atoms with Gasteiger partial charge in [-0.15, -0.1) is 0 Å². The molecule has 0 radical (unpaired) electrons. The Bertz CT molecular complexity index is 381. The van der Waals surface area contributed by atoms with E-state index in [1.54, 1.807) is 0 Å². The summed E-state index contributed by atoms with van der Waals surface area (Å²) >= 11 is 0. The molecule has 1 rings (SSSR count). The molecule has 2 atom stereocenters. The van der Waals surface area contributed by atoms with Crippen molar-refractivity contribution in [2.75, 3.05) is 0 Å². The van der Waals surface area contributed by atoms with E-state index in [1.165, 1.54) is 0 Å². The minimum absolute atomic E-state index is 0.00403. The maximum absolute atomic E-state index is 11.8. The fraction of sp³-hybridized carbons (Fsp3) is 0.692. The molecule has 5 nitrogen and oxygen atoms in total. The average molecular weight is 253 g/mol. The second-order valence-electron chi connectivity index (χ2n) is 4.67. The zero-order valence-electron chi connectivity index (χ0n) is 11.8. The zero-order chi connectivity index (χ0) is 13.7. The molecule has 2 N–H and O–H groups in total. The molecule has 0 aliphatic heterocycles. The van der Waals surface area contributed by atoms with E-state index >= 15 is 0 Å². The Kier molecular flexibility index (Phi) is 5.34. The molecule has 1 amide bonds. The van der Waals surface area contributed by atoms with E-state index in [0.29, 0.717) is 12.4 Å². The molecule has 2 unspecified atom stereocenters. The Hall–Kier alpha value is -1.36. The van der Waals surface area contributed by atoms with Crippen molar-refractivity contribution in [1.82, 2.24) is 15.6 Å². The molecule has 0 fully saturated rings. The number of hydrogen-bond acceptors (Lipinski definition) is 4. The first-order valence-corrected chi connectivity index (χ1v) is 6.40. The number of nitrogens with zero attached hydrogens (tertiary/aromatic N) is 1. The average Bonchev–Trinajstić information content (AvgIpc) is 2.65. The second kappa shape index (κ2) is 6.54. The van der Waals surface area contributed by atoms with Crippen LogP contribution in [-0.2, 0) is 11.3 Å². The zero-order valence-corrected chi connectivity index (χ0v) is 11.8. The van der Waals surface area contributed by atoms with Crippen LogP contribution in [0.15, 0.2) is 4.42 Å². The summed E-state index contributed by atoms with van der Waals surface area (Å²) in [5.41, 5.74) is 0.892. The molecule has 102 valence electrons. The number of carbonyl (C=O) groups excluding carboxylic acids is 1. The van der Waals surface area contributed by atoms with E-state index in [-0.39, 0.29) is 18.0 Å².